The van der Waals surface area contributed by atoms with Crippen molar-refractivity contribution >= 4 is 15.7 Å². The Morgan fingerprint density at radius 2 is 1.85 bits per heavy atom. The summed E-state index contributed by atoms with van der Waals surface area (Å²) < 4.78 is 52.1. The summed E-state index contributed by atoms with van der Waals surface area (Å²) in [7, 11) is -3.53. The molecule has 1 amide bonds. The highest BCUT2D eigenvalue weighted by atomic mass is 32.2. The molecular weight excluding hydrogens is 456 g/mol. The highest BCUT2D eigenvalue weighted by molar-refractivity contribution is 7.90. The summed E-state index contributed by atoms with van der Waals surface area (Å²) >= 11 is 0. The van der Waals surface area contributed by atoms with Crippen LogP contribution in [-0.2, 0) is 15.8 Å². The fourth-order valence-electron chi connectivity index (χ4n) is 3.04. The first kappa shape index (κ1) is 24.2. The second-order valence-corrected chi connectivity index (χ2v) is 9.44. The minimum absolute atomic E-state index is 0.0169. The molecule has 11 heteroatoms. The summed E-state index contributed by atoms with van der Waals surface area (Å²) in [5.74, 6) is -4.09. The first-order valence-electron chi connectivity index (χ1n) is 9.73. The number of aliphatic hydroxyl groups excluding tert-OH is 1. The average molecular weight is 477 g/mol. The third kappa shape index (κ3) is 5.49. The summed E-state index contributed by atoms with van der Waals surface area (Å²) in [6.45, 7) is 0.239. The molecule has 2 N–H and O–H groups in total. The third-order valence-corrected chi connectivity index (χ3v) is 5.99. The van der Waals surface area contributed by atoms with Crippen molar-refractivity contribution in [2.75, 3.05) is 12.9 Å². The van der Waals surface area contributed by atoms with Crippen LogP contribution in [0.4, 0.5) is 8.78 Å². The molecule has 0 spiro atoms. The Kier molecular flexibility index (Phi) is 6.75. The molecule has 0 fully saturated rings. The van der Waals surface area contributed by atoms with Crippen molar-refractivity contribution in [2.24, 2.45) is 0 Å². The summed E-state index contributed by atoms with van der Waals surface area (Å²) in [6.07, 6.45) is 1.03. The standard InChI is InChI=1S/C22H21F2N3O5S/c1-14(15-5-3-6-16(11-15)22(23,24)13-28)25-21(30)19-9-10-20(29)27(26-19)17-7-4-8-18(12-17)33(2,31)32/h3-12,14,28H,13H2,1-2H3,(H,25,30). The van der Waals surface area contributed by atoms with Gasteiger partial charge in [0.05, 0.1) is 16.6 Å². The number of carbonyl (C=O) groups is 1. The van der Waals surface area contributed by atoms with Crippen molar-refractivity contribution in [1.29, 1.82) is 0 Å². The van der Waals surface area contributed by atoms with Gasteiger partial charge >= 0.3 is 0 Å². The van der Waals surface area contributed by atoms with E-state index in [1.54, 1.807) is 13.0 Å². The molecule has 174 valence electrons. The van der Waals surface area contributed by atoms with E-state index in [1.807, 2.05) is 0 Å². The van der Waals surface area contributed by atoms with Crippen LogP contribution in [0.2, 0.25) is 0 Å². The fourth-order valence-corrected chi connectivity index (χ4v) is 3.70. The number of sulfone groups is 1. The Morgan fingerprint density at radius 1 is 1.15 bits per heavy atom. The van der Waals surface area contributed by atoms with Crippen LogP contribution in [0.1, 0.15) is 34.6 Å². The summed E-state index contributed by atoms with van der Waals surface area (Å²) in [6, 6.07) is 12.5. The molecule has 1 atom stereocenters. The highest BCUT2D eigenvalue weighted by Gasteiger charge is 2.31. The number of rotatable bonds is 7. The lowest BCUT2D eigenvalue weighted by Crippen LogP contribution is -2.31. The molecule has 0 aliphatic heterocycles. The number of nitrogens with zero attached hydrogens (tertiary/aromatic N) is 2. The van der Waals surface area contributed by atoms with Crippen LogP contribution in [0, 0.1) is 0 Å². The Labute approximate surface area is 188 Å². The maximum atomic E-state index is 13.8. The Morgan fingerprint density at radius 3 is 2.52 bits per heavy atom. The molecule has 33 heavy (non-hydrogen) atoms. The van der Waals surface area contributed by atoms with E-state index in [0.29, 0.717) is 5.56 Å². The molecule has 0 aliphatic carbocycles. The second kappa shape index (κ2) is 9.20. The van der Waals surface area contributed by atoms with Gasteiger partial charge in [-0.05, 0) is 42.8 Å². The number of aliphatic hydroxyl groups is 1. The van der Waals surface area contributed by atoms with Gasteiger partial charge in [0.2, 0.25) is 0 Å². The van der Waals surface area contributed by atoms with Crippen LogP contribution >= 0.6 is 0 Å². The van der Waals surface area contributed by atoms with Gasteiger partial charge in [0.15, 0.2) is 9.84 Å². The molecule has 0 aliphatic rings. The highest BCUT2D eigenvalue weighted by Crippen LogP contribution is 2.29. The van der Waals surface area contributed by atoms with Gasteiger partial charge in [-0.15, -0.1) is 0 Å². The van der Waals surface area contributed by atoms with E-state index in [4.69, 9.17) is 5.11 Å². The molecule has 0 saturated carbocycles. The smallest absolute Gasteiger partial charge is 0.295 e. The van der Waals surface area contributed by atoms with E-state index in [2.05, 4.69) is 10.4 Å². The first-order valence-corrected chi connectivity index (χ1v) is 11.6. The largest absolute Gasteiger partial charge is 0.390 e. The van der Waals surface area contributed by atoms with Crippen LogP contribution in [0.25, 0.3) is 5.69 Å². The lowest BCUT2D eigenvalue weighted by Gasteiger charge is -2.18. The molecule has 3 rings (SSSR count). The number of amides is 1. The lowest BCUT2D eigenvalue weighted by molar-refractivity contribution is -0.0556. The minimum atomic E-state index is -3.53. The van der Waals surface area contributed by atoms with Gasteiger partial charge in [0, 0.05) is 17.9 Å². The molecule has 1 aromatic heterocycles. The van der Waals surface area contributed by atoms with Crippen LogP contribution in [-0.4, -0.2) is 42.1 Å². The number of halogens is 2. The maximum Gasteiger partial charge on any atom is 0.295 e. The summed E-state index contributed by atoms with van der Waals surface area (Å²) in [5, 5.41) is 15.5. The van der Waals surface area contributed by atoms with Crippen molar-refractivity contribution in [3.63, 3.8) is 0 Å². The monoisotopic (exact) mass is 477 g/mol. The minimum Gasteiger partial charge on any atom is -0.390 e. The normalized spacial score (nSPS) is 12.9. The molecule has 3 aromatic rings. The van der Waals surface area contributed by atoms with E-state index in [0.717, 1.165) is 17.0 Å². The van der Waals surface area contributed by atoms with E-state index >= 15 is 0 Å². The van der Waals surface area contributed by atoms with Gasteiger partial charge in [-0.25, -0.2) is 8.42 Å². The molecule has 0 bridgehead atoms. The van der Waals surface area contributed by atoms with E-state index in [-0.39, 0.29) is 21.8 Å². The van der Waals surface area contributed by atoms with Crippen molar-refractivity contribution in [3.05, 3.63) is 87.8 Å². The van der Waals surface area contributed by atoms with Crippen LogP contribution < -0.4 is 10.9 Å². The molecule has 0 saturated heterocycles. The fraction of sp³-hybridized carbons (Fsp3) is 0.227. The number of hydrogen-bond acceptors (Lipinski definition) is 6. The van der Waals surface area contributed by atoms with Gasteiger partial charge in [-0.3, -0.25) is 9.59 Å². The quantitative estimate of drug-likeness (QED) is 0.539. The SMILES string of the molecule is CC(NC(=O)c1ccc(=O)n(-c2cccc(S(C)(=O)=O)c2)n1)c1cccc(C(F)(F)CO)c1. The zero-order valence-corrected chi connectivity index (χ0v) is 18.5. The van der Waals surface area contributed by atoms with Crippen molar-refractivity contribution in [2.45, 2.75) is 23.8 Å². The maximum absolute atomic E-state index is 13.8. The predicted molar refractivity (Wildman–Crippen MR) is 116 cm³/mol. The number of nitrogens with one attached hydrogen (secondary N) is 1. The second-order valence-electron chi connectivity index (χ2n) is 7.42. The van der Waals surface area contributed by atoms with Gasteiger partial charge in [-0.2, -0.15) is 18.6 Å². The topological polar surface area (TPSA) is 118 Å². The van der Waals surface area contributed by atoms with E-state index < -0.39 is 39.9 Å². The lowest BCUT2D eigenvalue weighted by atomic mass is 10.0. The Balaban J connectivity index is 1.88. The zero-order chi connectivity index (χ0) is 24.4. The summed E-state index contributed by atoms with van der Waals surface area (Å²) in [5.41, 5.74) is -0.569. The van der Waals surface area contributed by atoms with E-state index in [1.165, 1.54) is 48.5 Å². The predicted octanol–water partition coefficient (Wildman–Crippen LogP) is 2.21. The van der Waals surface area contributed by atoms with Gasteiger partial charge in [-0.1, -0.05) is 24.3 Å². The van der Waals surface area contributed by atoms with Crippen LogP contribution in [0.3, 0.4) is 0 Å². The van der Waals surface area contributed by atoms with Crippen molar-refractivity contribution < 1.29 is 27.1 Å². The first-order chi connectivity index (χ1) is 15.4. The van der Waals surface area contributed by atoms with E-state index in [9.17, 15) is 26.8 Å². The average Bonchev–Trinajstić information content (AvgIpc) is 2.79. The molecule has 2 aromatic carbocycles. The molecule has 8 nitrogen and oxygen atoms in total. The Hall–Kier alpha value is -3.44. The van der Waals surface area contributed by atoms with Gasteiger partial charge in [0.1, 0.15) is 12.3 Å². The number of alkyl halides is 2. The number of benzene rings is 2. The number of carbonyl (C=O) groups excluding carboxylic acids is 1. The van der Waals surface area contributed by atoms with Crippen LogP contribution in [0.15, 0.2) is 70.4 Å². The van der Waals surface area contributed by atoms with Crippen LogP contribution in [0.5, 0.6) is 0 Å². The molecular formula is C22H21F2N3O5S. The number of aromatic nitrogens is 2. The molecule has 0 radical (unpaired) electrons. The third-order valence-electron chi connectivity index (χ3n) is 4.88. The zero-order valence-electron chi connectivity index (χ0n) is 17.7. The molecule has 1 unspecified atom stereocenters. The Bertz CT molecular complexity index is 1360. The van der Waals surface area contributed by atoms with Gasteiger partial charge < -0.3 is 10.4 Å². The van der Waals surface area contributed by atoms with Crippen molar-refractivity contribution in [1.82, 2.24) is 15.1 Å². The number of hydrogen-bond donors (Lipinski definition) is 2. The van der Waals surface area contributed by atoms with Gasteiger partial charge in [0.25, 0.3) is 17.4 Å². The van der Waals surface area contributed by atoms with Crippen molar-refractivity contribution in [3.8, 4) is 5.69 Å². The summed E-state index contributed by atoms with van der Waals surface area (Å²) in [4.78, 5) is 25.0. The molecule has 1 heterocycles.